The molecule has 5 heteroatoms. The van der Waals surface area contributed by atoms with Crippen LogP contribution in [0.4, 0.5) is 0 Å². The number of aromatic nitrogens is 4. The molecule has 0 aliphatic carbocycles. The van der Waals surface area contributed by atoms with E-state index in [1.165, 1.54) is 10.4 Å². The highest BCUT2D eigenvalue weighted by Crippen LogP contribution is 2.25. The van der Waals surface area contributed by atoms with Crippen molar-refractivity contribution in [1.82, 2.24) is 20.6 Å². The Bertz CT molecular complexity index is 616. The number of nitrogens with one attached hydrogen (secondary N) is 1. The second-order valence-corrected chi connectivity index (χ2v) is 5.51. The molecular formula is C14H14N4S. The van der Waals surface area contributed by atoms with Crippen LogP contribution >= 0.6 is 11.3 Å². The van der Waals surface area contributed by atoms with Gasteiger partial charge in [0.15, 0.2) is 0 Å². The van der Waals surface area contributed by atoms with Gasteiger partial charge in [-0.2, -0.15) is 5.21 Å². The third kappa shape index (κ3) is 3.06. The first-order valence-corrected chi connectivity index (χ1v) is 7.10. The van der Waals surface area contributed by atoms with E-state index in [-0.39, 0.29) is 0 Å². The second-order valence-electron chi connectivity index (χ2n) is 4.34. The summed E-state index contributed by atoms with van der Waals surface area (Å²) in [6.07, 6.45) is 3.38. The minimum absolute atomic E-state index is 0.680. The average molecular weight is 270 g/mol. The molecule has 0 saturated heterocycles. The van der Waals surface area contributed by atoms with Crippen molar-refractivity contribution < 1.29 is 0 Å². The molecule has 0 bridgehead atoms. The molecule has 0 amide bonds. The Morgan fingerprint density at radius 2 is 1.89 bits per heavy atom. The van der Waals surface area contributed by atoms with E-state index in [0.29, 0.717) is 5.82 Å². The van der Waals surface area contributed by atoms with Gasteiger partial charge in [-0.15, -0.1) is 21.5 Å². The van der Waals surface area contributed by atoms with Gasteiger partial charge in [-0.25, -0.2) is 0 Å². The highest BCUT2D eigenvalue weighted by Gasteiger charge is 2.06. The fourth-order valence-corrected chi connectivity index (χ4v) is 2.99. The maximum Gasteiger partial charge on any atom is 0.214 e. The Morgan fingerprint density at radius 3 is 2.68 bits per heavy atom. The van der Waals surface area contributed by atoms with Crippen molar-refractivity contribution in [2.45, 2.75) is 19.3 Å². The van der Waals surface area contributed by atoms with Gasteiger partial charge in [0.1, 0.15) is 0 Å². The van der Waals surface area contributed by atoms with Gasteiger partial charge in [-0.1, -0.05) is 30.3 Å². The lowest BCUT2D eigenvalue weighted by atomic mass is 10.1. The molecule has 96 valence electrons. The third-order valence-corrected chi connectivity index (χ3v) is 4.10. The number of tetrazole rings is 1. The summed E-state index contributed by atoms with van der Waals surface area (Å²) in [5.41, 5.74) is 1.40. The number of H-pyrrole nitrogens is 1. The van der Waals surface area contributed by atoms with E-state index in [0.717, 1.165) is 24.1 Å². The number of aryl methyl sites for hydroxylation is 2. The number of rotatable bonds is 5. The predicted octanol–water partition coefficient (Wildman–Crippen LogP) is 3.10. The number of nitrogens with zero attached hydrogens (tertiary/aromatic N) is 3. The molecule has 0 aliphatic rings. The van der Waals surface area contributed by atoms with Crippen molar-refractivity contribution in [3.8, 4) is 10.7 Å². The van der Waals surface area contributed by atoms with Crippen LogP contribution in [0.1, 0.15) is 16.9 Å². The molecule has 4 nitrogen and oxygen atoms in total. The Hall–Kier alpha value is -2.01. The Labute approximate surface area is 115 Å². The van der Waals surface area contributed by atoms with E-state index in [2.05, 4.69) is 63.1 Å². The number of benzene rings is 1. The van der Waals surface area contributed by atoms with E-state index >= 15 is 0 Å². The van der Waals surface area contributed by atoms with E-state index in [1.54, 1.807) is 11.3 Å². The Morgan fingerprint density at radius 1 is 1.00 bits per heavy atom. The number of hydrogen-bond donors (Lipinski definition) is 1. The van der Waals surface area contributed by atoms with Crippen molar-refractivity contribution in [3.05, 3.63) is 52.9 Å². The molecular weight excluding hydrogens is 256 g/mol. The molecule has 0 fully saturated rings. The summed E-state index contributed by atoms with van der Waals surface area (Å²) in [5, 5.41) is 14.0. The minimum atomic E-state index is 0.680. The van der Waals surface area contributed by atoms with Crippen molar-refractivity contribution in [2.24, 2.45) is 0 Å². The van der Waals surface area contributed by atoms with E-state index < -0.39 is 0 Å². The molecule has 19 heavy (non-hydrogen) atoms. The second kappa shape index (κ2) is 5.75. The van der Waals surface area contributed by atoms with Gasteiger partial charge >= 0.3 is 0 Å². The van der Waals surface area contributed by atoms with Gasteiger partial charge in [-0.05, 0) is 42.2 Å². The zero-order valence-corrected chi connectivity index (χ0v) is 11.2. The monoisotopic (exact) mass is 270 g/mol. The van der Waals surface area contributed by atoms with E-state index in [9.17, 15) is 0 Å². The molecule has 0 atom stereocenters. The van der Waals surface area contributed by atoms with Crippen molar-refractivity contribution in [3.63, 3.8) is 0 Å². The maximum atomic E-state index is 3.99. The largest absolute Gasteiger partial charge is 0.214 e. The van der Waals surface area contributed by atoms with Crippen LogP contribution in [-0.4, -0.2) is 20.6 Å². The molecule has 2 aromatic heterocycles. The van der Waals surface area contributed by atoms with Crippen LogP contribution in [-0.2, 0) is 12.8 Å². The zero-order chi connectivity index (χ0) is 12.9. The summed E-state index contributed by atoms with van der Waals surface area (Å²) < 4.78 is 0. The van der Waals surface area contributed by atoms with Crippen LogP contribution in [0.25, 0.3) is 10.7 Å². The van der Waals surface area contributed by atoms with Crippen LogP contribution in [0.3, 0.4) is 0 Å². The third-order valence-electron chi connectivity index (χ3n) is 2.96. The Balaban J connectivity index is 1.56. The van der Waals surface area contributed by atoms with Crippen LogP contribution < -0.4 is 0 Å². The SMILES string of the molecule is c1ccc(CCCc2ccc(-c3nn[nH]n3)s2)cc1. The summed E-state index contributed by atoms with van der Waals surface area (Å²) in [5.74, 6) is 0.680. The molecule has 2 heterocycles. The lowest BCUT2D eigenvalue weighted by molar-refractivity contribution is 0.831. The smallest absolute Gasteiger partial charge is 0.177 e. The molecule has 0 unspecified atom stereocenters. The molecule has 1 N–H and O–H groups in total. The van der Waals surface area contributed by atoms with Gasteiger partial charge in [0.2, 0.25) is 5.82 Å². The van der Waals surface area contributed by atoms with E-state index in [1.807, 2.05) is 0 Å². The fourth-order valence-electron chi connectivity index (χ4n) is 2.01. The molecule has 3 aromatic rings. The lowest BCUT2D eigenvalue weighted by Gasteiger charge is -1.99. The standard InChI is InChI=1S/C14H14N4S/c1-2-5-11(6-3-1)7-4-8-12-9-10-13(19-12)14-15-17-18-16-14/h1-3,5-6,9-10H,4,7-8H2,(H,15,16,17,18). The summed E-state index contributed by atoms with van der Waals surface area (Å²) in [4.78, 5) is 2.44. The van der Waals surface area contributed by atoms with Crippen molar-refractivity contribution in [2.75, 3.05) is 0 Å². The highest BCUT2D eigenvalue weighted by atomic mass is 32.1. The molecule has 1 aromatic carbocycles. The average Bonchev–Trinajstić information content (AvgIpc) is 3.10. The van der Waals surface area contributed by atoms with Gasteiger partial charge in [0.05, 0.1) is 4.88 Å². The van der Waals surface area contributed by atoms with Crippen molar-refractivity contribution in [1.29, 1.82) is 0 Å². The van der Waals surface area contributed by atoms with E-state index in [4.69, 9.17) is 0 Å². The number of thiophene rings is 1. The quantitative estimate of drug-likeness (QED) is 0.775. The number of aromatic amines is 1. The van der Waals surface area contributed by atoms with Gasteiger partial charge < -0.3 is 0 Å². The lowest BCUT2D eigenvalue weighted by Crippen LogP contribution is -1.87. The van der Waals surface area contributed by atoms with Crippen LogP contribution in [0.5, 0.6) is 0 Å². The van der Waals surface area contributed by atoms with Crippen LogP contribution in [0, 0.1) is 0 Å². The van der Waals surface area contributed by atoms with Gasteiger partial charge in [0, 0.05) is 4.88 Å². The first-order chi connectivity index (χ1) is 9.42. The normalized spacial score (nSPS) is 10.7. The first-order valence-electron chi connectivity index (χ1n) is 6.28. The van der Waals surface area contributed by atoms with Gasteiger partial charge in [0.25, 0.3) is 0 Å². The van der Waals surface area contributed by atoms with Crippen LogP contribution in [0.15, 0.2) is 42.5 Å². The summed E-state index contributed by atoms with van der Waals surface area (Å²) in [7, 11) is 0. The number of hydrogen-bond acceptors (Lipinski definition) is 4. The summed E-state index contributed by atoms with van der Waals surface area (Å²) in [6, 6.07) is 14.8. The van der Waals surface area contributed by atoms with Gasteiger partial charge in [-0.3, -0.25) is 0 Å². The highest BCUT2D eigenvalue weighted by molar-refractivity contribution is 7.15. The summed E-state index contributed by atoms with van der Waals surface area (Å²) >= 11 is 1.74. The molecule has 3 rings (SSSR count). The molecule has 0 aliphatic heterocycles. The molecule has 0 saturated carbocycles. The fraction of sp³-hybridized carbons (Fsp3) is 0.214. The topological polar surface area (TPSA) is 54.5 Å². The van der Waals surface area contributed by atoms with Crippen molar-refractivity contribution >= 4 is 11.3 Å². The first kappa shape index (κ1) is 12.0. The molecule has 0 radical (unpaired) electrons. The predicted molar refractivity (Wildman–Crippen MR) is 76.0 cm³/mol. The zero-order valence-electron chi connectivity index (χ0n) is 10.4. The minimum Gasteiger partial charge on any atom is -0.177 e. The maximum absolute atomic E-state index is 3.99. The molecule has 0 spiro atoms. The van der Waals surface area contributed by atoms with Crippen LogP contribution in [0.2, 0.25) is 0 Å². The Kier molecular flexibility index (Phi) is 3.65. The summed E-state index contributed by atoms with van der Waals surface area (Å²) in [6.45, 7) is 0.